The fourth-order valence-electron chi connectivity index (χ4n) is 2.03. The molecule has 0 radical (unpaired) electrons. The molecular formula is C14H13N3O3. The van der Waals surface area contributed by atoms with Gasteiger partial charge in [-0.2, -0.15) is 5.10 Å². The maximum Gasteiger partial charge on any atom is 0.359 e. The van der Waals surface area contributed by atoms with Crippen LogP contribution in [0.1, 0.15) is 27.5 Å². The van der Waals surface area contributed by atoms with Crippen LogP contribution in [-0.2, 0) is 11.3 Å². The van der Waals surface area contributed by atoms with Crippen molar-refractivity contribution in [3.05, 3.63) is 47.0 Å². The number of hydrogen-bond donors (Lipinski definition) is 1. The van der Waals surface area contributed by atoms with Crippen LogP contribution in [-0.4, -0.2) is 21.3 Å². The van der Waals surface area contributed by atoms with Crippen LogP contribution in [0.25, 0.3) is 10.9 Å². The Hall–Kier alpha value is -2.63. The Bertz CT molecular complexity index is 753. The lowest BCUT2D eigenvalue weighted by atomic mass is 10.2. The molecule has 2 aromatic heterocycles. The highest BCUT2D eigenvalue weighted by molar-refractivity contribution is 6.01. The third kappa shape index (κ3) is 2.05. The number of hydrogen-bond acceptors (Lipinski definition) is 5. The number of fused-ring (bicyclic) bond motifs is 1. The molecule has 0 bridgehead atoms. The Balaban J connectivity index is 1.80. The molecule has 0 aliphatic heterocycles. The molecule has 1 aromatic carbocycles. The van der Waals surface area contributed by atoms with Gasteiger partial charge >= 0.3 is 5.97 Å². The first kappa shape index (κ1) is 12.4. The number of aryl methyl sites for hydroxylation is 2. The first-order chi connectivity index (χ1) is 9.66. The lowest BCUT2D eigenvalue weighted by Crippen LogP contribution is -2.07. The van der Waals surface area contributed by atoms with Crippen molar-refractivity contribution >= 4 is 16.9 Å². The molecule has 0 atom stereocenters. The van der Waals surface area contributed by atoms with E-state index >= 15 is 0 Å². The van der Waals surface area contributed by atoms with E-state index < -0.39 is 5.97 Å². The number of ether oxygens (including phenoxy) is 1. The van der Waals surface area contributed by atoms with E-state index in [-0.39, 0.29) is 12.3 Å². The number of rotatable bonds is 3. The van der Waals surface area contributed by atoms with E-state index in [2.05, 4.69) is 15.4 Å². The van der Waals surface area contributed by atoms with Crippen LogP contribution in [0.5, 0.6) is 0 Å². The van der Waals surface area contributed by atoms with E-state index in [1.54, 1.807) is 6.92 Å². The van der Waals surface area contributed by atoms with Gasteiger partial charge in [-0.1, -0.05) is 23.4 Å². The van der Waals surface area contributed by atoms with Crippen molar-refractivity contribution < 1.29 is 14.1 Å². The highest BCUT2D eigenvalue weighted by Crippen LogP contribution is 2.18. The van der Waals surface area contributed by atoms with Gasteiger partial charge in [-0.05, 0) is 19.9 Å². The number of H-pyrrole nitrogens is 1. The minimum Gasteiger partial charge on any atom is -0.456 e. The van der Waals surface area contributed by atoms with Crippen molar-refractivity contribution in [3.8, 4) is 0 Å². The normalized spacial score (nSPS) is 10.9. The van der Waals surface area contributed by atoms with Gasteiger partial charge in [-0.25, -0.2) is 4.79 Å². The highest BCUT2D eigenvalue weighted by atomic mass is 16.5. The largest absolute Gasteiger partial charge is 0.456 e. The highest BCUT2D eigenvalue weighted by Gasteiger charge is 2.17. The predicted octanol–water partition coefficient (Wildman–Crippen LogP) is 2.52. The zero-order valence-electron chi connectivity index (χ0n) is 11.1. The summed E-state index contributed by atoms with van der Waals surface area (Å²) in [6, 6.07) is 7.40. The minimum atomic E-state index is -0.470. The van der Waals surface area contributed by atoms with E-state index in [4.69, 9.17) is 9.26 Å². The predicted molar refractivity (Wildman–Crippen MR) is 71.2 cm³/mol. The van der Waals surface area contributed by atoms with Crippen LogP contribution in [0.2, 0.25) is 0 Å². The number of aromatic amines is 1. The summed E-state index contributed by atoms with van der Waals surface area (Å²) in [6.07, 6.45) is 0. The molecule has 0 fully saturated rings. The Labute approximate surface area is 114 Å². The van der Waals surface area contributed by atoms with Gasteiger partial charge in [0.1, 0.15) is 12.4 Å². The zero-order chi connectivity index (χ0) is 14.1. The fourth-order valence-corrected chi connectivity index (χ4v) is 2.03. The van der Waals surface area contributed by atoms with E-state index in [1.165, 1.54) is 0 Å². The van der Waals surface area contributed by atoms with Gasteiger partial charge in [-0.15, -0.1) is 0 Å². The number of nitrogens with zero attached hydrogens (tertiary/aromatic N) is 2. The molecule has 3 rings (SSSR count). The van der Waals surface area contributed by atoms with Crippen LogP contribution >= 0.6 is 0 Å². The monoisotopic (exact) mass is 271 g/mol. The molecule has 6 nitrogen and oxygen atoms in total. The topological polar surface area (TPSA) is 81.0 Å². The van der Waals surface area contributed by atoms with Crippen molar-refractivity contribution in [2.24, 2.45) is 0 Å². The SMILES string of the molecule is Cc1noc(C)c1COC(=O)c1n[nH]c2ccccc12. The van der Waals surface area contributed by atoms with Gasteiger partial charge in [0, 0.05) is 5.39 Å². The quantitative estimate of drug-likeness (QED) is 0.740. The Morgan fingerprint density at radius 2 is 2.15 bits per heavy atom. The van der Waals surface area contributed by atoms with Crippen molar-refractivity contribution in [2.75, 3.05) is 0 Å². The molecule has 0 amide bonds. The summed E-state index contributed by atoms with van der Waals surface area (Å²) < 4.78 is 10.3. The molecule has 3 aromatic rings. The van der Waals surface area contributed by atoms with Crippen LogP contribution in [0.4, 0.5) is 0 Å². The summed E-state index contributed by atoms with van der Waals surface area (Å²) in [5.41, 5.74) is 2.60. The van der Waals surface area contributed by atoms with E-state index in [0.717, 1.165) is 22.2 Å². The lowest BCUT2D eigenvalue weighted by molar-refractivity contribution is 0.0466. The smallest absolute Gasteiger partial charge is 0.359 e. The summed E-state index contributed by atoms with van der Waals surface area (Å²) in [5, 5.41) is 11.4. The lowest BCUT2D eigenvalue weighted by Gasteiger charge is -2.02. The van der Waals surface area contributed by atoms with E-state index in [9.17, 15) is 4.79 Å². The second-order valence-corrected chi connectivity index (χ2v) is 4.50. The van der Waals surface area contributed by atoms with E-state index in [1.807, 2.05) is 31.2 Å². The summed E-state index contributed by atoms with van der Waals surface area (Å²) in [5.74, 6) is 0.185. The second-order valence-electron chi connectivity index (χ2n) is 4.50. The molecular weight excluding hydrogens is 258 g/mol. The second kappa shape index (κ2) is 4.80. The van der Waals surface area contributed by atoms with Crippen molar-refractivity contribution in [1.29, 1.82) is 0 Å². The van der Waals surface area contributed by atoms with Gasteiger partial charge in [-0.3, -0.25) is 5.10 Å². The zero-order valence-corrected chi connectivity index (χ0v) is 11.1. The van der Waals surface area contributed by atoms with Crippen molar-refractivity contribution in [1.82, 2.24) is 15.4 Å². The van der Waals surface area contributed by atoms with Gasteiger partial charge < -0.3 is 9.26 Å². The number of para-hydroxylation sites is 1. The Morgan fingerprint density at radius 1 is 1.35 bits per heavy atom. The summed E-state index contributed by atoms with van der Waals surface area (Å²) in [7, 11) is 0. The standard InChI is InChI=1S/C14H13N3O3/c1-8-11(9(2)20-17-8)7-19-14(18)13-10-5-3-4-6-12(10)15-16-13/h3-6H,7H2,1-2H3,(H,15,16). The molecule has 6 heteroatoms. The molecule has 2 heterocycles. The average Bonchev–Trinajstić information content (AvgIpc) is 3.01. The van der Waals surface area contributed by atoms with Crippen LogP contribution in [0.3, 0.4) is 0 Å². The first-order valence-electron chi connectivity index (χ1n) is 6.19. The average molecular weight is 271 g/mol. The Morgan fingerprint density at radius 3 is 2.90 bits per heavy atom. The van der Waals surface area contributed by atoms with Gasteiger partial charge in [0.05, 0.1) is 16.8 Å². The molecule has 102 valence electrons. The fraction of sp³-hybridized carbons (Fsp3) is 0.214. The molecule has 20 heavy (non-hydrogen) atoms. The molecule has 1 N–H and O–H groups in total. The first-order valence-corrected chi connectivity index (χ1v) is 6.19. The summed E-state index contributed by atoms with van der Waals surface area (Å²) >= 11 is 0. The number of benzene rings is 1. The molecule has 0 unspecified atom stereocenters. The molecule has 0 aliphatic rings. The molecule has 0 spiro atoms. The summed E-state index contributed by atoms with van der Waals surface area (Å²) in [4.78, 5) is 12.1. The third-order valence-electron chi connectivity index (χ3n) is 3.19. The van der Waals surface area contributed by atoms with Crippen molar-refractivity contribution in [3.63, 3.8) is 0 Å². The van der Waals surface area contributed by atoms with Crippen LogP contribution in [0.15, 0.2) is 28.8 Å². The molecule has 0 saturated carbocycles. The van der Waals surface area contributed by atoms with Gasteiger partial charge in [0.15, 0.2) is 5.69 Å². The number of carbonyl (C=O) groups is 1. The minimum absolute atomic E-state index is 0.126. The summed E-state index contributed by atoms with van der Waals surface area (Å²) in [6.45, 7) is 3.72. The van der Waals surface area contributed by atoms with Crippen molar-refractivity contribution in [2.45, 2.75) is 20.5 Å². The number of nitrogens with one attached hydrogen (secondary N) is 1. The van der Waals surface area contributed by atoms with Gasteiger partial charge in [0.2, 0.25) is 0 Å². The maximum absolute atomic E-state index is 12.1. The molecule has 0 aliphatic carbocycles. The number of aromatic nitrogens is 3. The van der Waals surface area contributed by atoms with Crippen LogP contribution in [0, 0.1) is 13.8 Å². The number of carbonyl (C=O) groups excluding carboxylic acids is 1. The molecule has 0 saturated heterocycles. The van der Waals surface area contributed by atoms with Gasteiger partial charge in [0.25, 0.3) is 0 Å². The van der Waals surface area contributed by atoms with Crippen LogP contribution < -0.4 is 0 Å². The Kier molecular flexibility index (Phi) is 2.98. The number of esters is 1. The maximum atomic E-state index is 12.1. The third-order valence-corrected chi connectivity index (χ3v) is 3.19. The van der Waals surface area contributed by atoms with E-state index in [0.29, 0.717) is 5.76 Å².